The average molecular weight is 202 g/mol. The standard InChI is InChI=1S/C13H18N2/c1-4-9-15(3)11(2)10-12-5-7-13(14)8-6-12/h1,5-8,11H,9-10,14H2,2-3H3/t11-/m1/s1. The summed E-state index contributed by atoms with van der Waals surface area (Å²) in [6.45, 7) is 2.86. The highest BCUT2D eigenvalue weighted by atomic mass is 15.1. The highest BCUT2D eigenvalue weighted by Crippen LogP contribution is 2.10. The van der Waals surface area contributed by atoms with Crippen molar-refractivity contribution in [1.29, 1.82) is 0 Å². The van der Waals surface area contributed by atoms with Gasteiger partial charge in [0.2, 0.25) is 0 Å². The van der Waals surface area contributed by atoms with Gasteiger partial charge < -0.3 is 5.73 Å². The van der Waals surface area contributed by atoms with Crippen LogP contribution in [-0.4, -0.2) is 24.5 Å². The van der Waals surface area contributed by atoms with Crippen LogP contribution in [-0.2, 0) is 6.42 Å². The third kappa shape index (κ3) is 3.65. The molecule has 0 unspecified atom stereocenters. The summed E-state index contributed by atoms with van der Waals surface area (Å²) >= 11 is 0. The van der Waals surface area contributed by atoms with Gasteiger partial charge in [-0.3, -0.25) is 4.90 Å². The van der Waals surface area contributed by atoms with Crippen LogP contribution < -0.4 is 5.73 Å². The van der Waals surface area contributed by atoms with Crippen LogP contribution in [0.5, 0.6) is 0 Å². The van der Waals surface area contributed by atoms with Crippen molar-refractivity contribution < 1.29 is 0 Å². The second kappa shape index (κ2) is 5.43. The molecule has 2 nitrogen and oxygen atoms in total. The Labute approximate surface area is 92.1 Å². The maximum atomic E-state index is 5.63. The number of nitrogen functional groups attached to an aromatic ring is 1. The molecule has 1 atom stereocenters. The Morgan fingerprint density at radius 2 is 2.00 bits per heavy atom. The molecule has 0 amide bonds. The molecule has 0 saturated heterocycles. The van der Waals surface area contributed by atoms with Crippen molar-refractivity contribution in [2.24, 2.45) is 0 Å². The number of terminal acetylenes is 1. The zero-order valence-electron chi connectivity index (χ0n) is 9.40. The summed E-state index contributed by atoms with van der Waals surface area (Å²) in [5.41, 5.74) is 7.73. The van der Waals surface area contributed by atoms with E-state index in [9.17, 15) is 0 Å². The van der Waals surface area contributed by atoms with Crippen LogP contribution >= 0.6 is 0 Å². The molecule has 1 rings (SSSR count). The number of rotatable bonds is 4. The summed E-state index contributed by atoms with van der Waals surface area (Å²) in [6.07, 6.45) is 6.27. The Hall–Kier alpha value is -1.46. The van der Waals surface area contributed by atoms with Gasteiger partial charge in [-0.25, -0.2) is 0 Å². The molecule has 0 spiro atoms. The first kappa shape index (κ1) is 11.6. The first-order chi connectivity index (χ1) is 7.13. The van der Waals surface area contributed by atoms with Crippen LogP contribution in [0.25, 0.3) is 0 Å². The van der Waals surface area contributed by atoms with Gasteiger partial charge in [0.05, 0.1) is 6.54 Å². The monoisotopic (exact) mass is 202 g/mol. The minimum absolute atomic E-state index is 0.449. The third-order valence-corrected chi connectivity index (χ3v) is 2.60. The summed E-state index contributed by atoms with van der Waals surface area (Å²) in [5.74, 6) is 2.65. The van der Waals surface area contributed by atoms with E-state index in [1.807, 2.05) is 19.2 Å². The Bertz CT molecular complexity index is 335. The first-order valence-electron chi connectivity index (χ1n) is 5.11. The van der Waals surface area contributed by atoms with Crippen LogP contribution in [0.2, 0.25) is 0 Å². The topological polar surface area (TPSA) is 29.3 Å². The highest BCUT2D eigenvalue weighted by Gasteiger charge is 2.08. The lowest BCUT2D eigenvalue weighted by Crippen LogP contribution is -2.31. The van der Waals surface area contributed by atoms with Crippen molar-refractivity contribution in [2.45, 2.75) is 19.4 Å². The number of anilines is 1. The van der Waals surface area contributed by atoms with Gasteiger partial charge in [0.15, 0.2) is 0 Å². The van der Waals surface area contributed by atoms with Gasteiger partial charge in [-0.05, 0) is 38.1 Å². The number of hydrogen-bond acceptors (Lipinski definition) is 2. The molecule has 0 aliphatic heterocycles. The molecule has 0 aliphatic rings. The molecular weight excluding hydrogens is 184 g/mol. The Morgan fingerprint density at radius 3 is 2.53 bits per heavy atom. The normalized spacial score (nSPS) is 12.4. The number of hydrogen-bond donors (Lipinski definition) is 1. The molecule has 2 N–H and O–H groups in total. The average Bonchev–Trinajstić information content (AvgIpc) is 2.22. The lowest BCUT2D eigenvalue weighted by molar-refractivity contribution is 0.287. The summed E-state index contributed by atoms with van der Waals surface area (Å²) in [5, 5.41) is 0. The van der Waals surface area contributed by atoms with Crippen molar-refractivity contribution >= 4 is 5.69 Å². The van der Waals surface area contributed by atoms with Gasteiger partial charge in [0.1, 0.15) is 0 Å². The molecule has 0 bridgehead atoms. The zero-order valence-corrected chi connectivity index (χ0v) is 9.40. The second-order valence-corrected chi connectivity index (χ2v) is 3.91. The number of likely N-dealkylation sites (N-methyl/N-ethyl adjacent to an activating group) is 1. The molecule has 0 aromatic heterocycles. The predicted molar refractivity (Wildman–Crippen MR) is 65.5 cm³/mol. The van der Waals surface area contributed by atoms with E-state index in [0.29, 0.717) is 12.6 Å². The van der Waals surface area contributed by atoms with E-state index >= 15 is 0 Å². The summed E-state index contributed by atoms with van der Waals surface area (Å²) in [4.78, 5) is 2.16. The maximum absolute atomic E-state index is 5.63. The third-order valence-electron chi connectivity index (χ3n) is 2.60. The maximum Gasteiger partial charge on any atom is 0.0598 e. The smallest absolute Gasteiger partial charge is 0.0598 e. The predicted octanol–water partition coefficient (Wildman–Crippen LogP) is 1.76. The van der Waals surface area contributed by atoms with Crippen LogP contribution in [0.4, 0.5) is 5.69 Å². The van der Waals surface area contributed by atoms with Gasteiger partial charge in [-0.1, -0.05) is 18.1 Å². The van der Waals surface area contributed by atoms with E-state index in [1.54, 1.807) is 0 Å². The van der Waals surface area contributed by atoms with E-state index in [0.717, 1.165) is 12.1 Å². The van der Waals surface area contributed by atoms with E-state index in [1.165, 1.54) is 5.56 Å². The van der Waals surface area contributed by atoms with Gasteiger partial charge in [0.25, 0.3) is 0 Å². The minimum atomic E-state index is 0.449. The lowest BCUT2D eigenvalue weighted by atomic mass is 10.1. The fraction of sp³-hybridized carbons (Fsp3) is 0.385. The quantitative estimate of drug-likeness (QED) is 0.595. The molecule has 0 aliphatic carbocycles. The SMILES string of the molecule is C#CCN(C)[C@H](C)Cc1ccc(N)cc1. The van der Waals surface area contributed by atoms with Crippen molar-refractivity contribution in [1.82, 2.24) is 4.90 Å². The van der Waals surface area contributed by atoms with Gasteiger partial charge in [-0.2, -0.15) is 0 Å². The van der Waals surface area contributed by atoms with E-state index in [2.05, 4.69) is 29.9 Å². The lowest BCUT2D eigenvalue weighted by Gasteiger charge is -2.22. The van der Waals surface area contributed by atoms with Gasteiger partial charge in [-0.15, -0.1) is 6.42 Å². The molecule has 1 aromatic rings. The van der Waals surface area contributed by atoms with Crippen molar-refractivity contribution in [3.8, 4) is 12.3 Å². The molecule has 2 heteroatoms. The van der Waals surface area contributed by atoms with Crippen LogP contribution in [0.1, 0.15) is 12.5 Å². The Kier molecular flexibility index (Phi) is 4.20. The van der Waals surface area contributed by atoms with Crippen molar-refractivity contribution in [3.63, 3.8) is 0 Å². The molecule has 0 saturated carbocycles. The largest absolute Gasteiger partial charge is 0.399 e. The van der Waals surface area contributed by atoms with E-state index in [4.69, 9.17) is 12.2 Å². The van der Waals surface area contributed by atoms with E-state index in [-0.39, 0.29) is 0 Å². The van der Waals surface area contributed by atoms with Crippen molar-refractivity contribution in [2.75, 3.05) is 19.3 Å². The first-order valence-corrected chi connectivity index (χ1v) is 5.11. The van der Waals surface area contributed by atoms with Crippen LogP contribution in [0.3, 0.4) is 0 Å². The summed E-state index contributed by atoms with van der Waals surface area (Å²) in [7, 11) is 2.04. The van der Waals surface area contributed by atoms with Crippen molar-refractivity contribution in [3.05, 3.63) is 29.8 Å². The Balaban J connectivity index is 2.55. The fourth-order valence-corrected chi connectivity index (χ4v) is 1.45. The molecule has 0 radical (unpaired) electrons. The Morgan fingerprint density at radius 1 is 1.40 bits per heavy atom. The number of benzene rings is 1. The van der Waals surface area contributed by atoms with Gasteiger partial charge in [0, 0.05) is 11.7 Å². The summed E-state index contributed by atoms with van der Waals surface area (Å²) in [6, 6.07) is 8.45. The molecule has 0 fully saturated rings. The molecule has 1 aromatic carbocycles. The minimum Gasteiger partial charge on any atom is -0.399 e. The highest BCUT2D eigenvalue weighted by molar-refractivity contribution is 5.39. The number of nitrogens with two attached hydrogens (primary N) is 1. The van der Waals surface area contributed by atoms with Gasteiger partial charge >= 0.3 is 0 Å². The molecule has 15 heavy (non-hydrogen) atoms. The van der Waals surface area contributed by atoms with Crippen LogP contribution in [0, 0.1) is 12.3 Å². The second-order valence-electron chi connectivity index (χ2n) is 3.91. The van der Waals surface area contributed by atoms with E-state index < -0.39 is 0 Å². The molecule has 0 heterocycles. The molecule has 80 valence electrons. The van der Waals surface area contributed by atoms with Crippen LogP contribution in [0.15, 0.2) is 24.3 Å². The summed E-state index contributed by atoms with van der Waals surface area (Å²) < 4.78 is 0. The molecular formula is C13H18N2. The zero-order chi connectivity index (χ0) is 11.3. The number of nitrogens with zero attached hydrogens (tertiary/aromatic N) is 1. The fourth-order valence-electron chi connectivity index (χ4n) is 1.45.